The van der Waals surface area contributed by atoms with E-state index in [1.807, 2.05) is 30.8 Å². The Morgan fingerprint density at radius 3 is 2.88 bits per heavy atom. The molecular weight excluding hydrogens is 404 g/mol. The van der Waals surface area contributed by atoms with Gasteiger partial charge in [0.25, 0.3) is 5.56 Å². The van der Waals surface area contributed by atoms with Gasteiger partial charge in [-0.05, 0) is 62.9 Å². The van der Waals surface area contributed by atoms with E-state index in [0.29, 0.717) is 23.0 Å². The SMILES string of the molecule is CC(C)n1c(=O)c2cnc(Nc3ccc4c(c3)CCNC4)nc2n1-c1nccn1C1CC1. The van der Waals surface area contributed by atoms with Gasteiger partial charge in [-0.3, -0.25) is 4.79 Å². The molecule has 0 radical (unpaired) electrons. The molecular formula is C23H26N8O. The summed E-state index contributed by atoms with van der Waals surface area (Å²) in [4.78, 5) is 27.0. The van der Waals surface area contributed by atoms with Gasteiger partial charge in [-0.1, -0.05) is 6.07 Å². The van der Waals surface area contributed by atoms with E-state index in [-0.39, 0.29) is 11.6 Å². The molecule has 0 saturated heterocycles. The number of nitrogens with zero attached hydrogens (tertiary/aromatic N) is 6. The van der Waals surface area contributed by atoms with Crippen LogP contribution in [0.1, 0.15) is 49.9 Å². The zero-order valence-electron chi connectivity index (χ0n) is 18.2. The van der Waals surface area contributed by atoms with Gasteiger partial charge in [-0.2, -0.15) is 9.67 Å². The number of anilines is 2. The number of hydrogen-bond donors (Lipinski definition) is 2. The Labute approximate surface area is 185 Å². The lowest BCUT2D eigenvalue weighted by atomic mass is 10.0. The highest BCUT2D eigenvalue weighted by Gasteiger charge is 2.29. The predicted octanol–water partition coefficient (Wildman–Crippen LogP) is 3.08. The van der Waals surface area contributed by atoms with Crippen LogP contribution in [0.2, 0.25) is 0 Å². The van der Waals surface area contributed by atoms with Gasteiger partial charge in [-0.15, -0.1) is 0 Å². The van der Waals surface area contributed by atoms with Crippen LogP contribution >= 0.6 is 0 Å². The van der Waals surface area contributed by atoms with Crippen LogP contribution in [0, 0.1) is 0 Å². The first-order valence-corrected chi connectivity index (χ1v) is 11.2. The zero-order valence-corrected chi connectivity index (χ0v) is 18.2. The Hall–Kier alpha value is -3.46. The molecule has 9 nitrogen and oxygen atoms in total. The van der Waals surface area contributed by atoms with Gasteiger partial charge in [0.05, 0.1) is 0 Å². The topological polar surface area (TPSA) is 94.6 Å². The van der Waals surface area contributed by atoms with Crippen LogP contribution in [-0.2, 0) is 13.0 Å². The Bertz CT molecular complexity index is 1370. The Morgan fingerprint density at radius 2 is 2.06 bits per heavy atom. The van der Waals surface area contributed by atoms with Crippen molar-refractivity contribution >= 4 is 22.7 Å². The Balaban J connectivity index is 1.47. The van der Waals surface area contributed by atoms with Gasteiger partial charge in [0.1, 0.15) is 5.39 Å². The molecule has 0 spiro atoms. The van der Waals surface area contributed by atoms with E-state index in [2.05, 4.69) is 37.3 Å². The van der Waals surface area contributed by atoms with Gasteiger partial charge in [0.15, 0.2) is 5.65 Å². The lowest BCUT2D eigenvalue weighted by Gasteiger charge is -2.18. The summed E-state index contributed by atoms with van der Waals surface area (Å²) in [5, 5.41) is 7.22. The highest BCUT2D eigenvalue weighted by molar-refractivity contribution is 5.77. The molecule has 4 heterocycles. The lowest BCUT2D eigenvalue weighted by molar-refractivity contribution is 0.458. The van der Waals surface area contributed by atoms with Crippen molar-refractivity contribution < 1.29 is 0 Å². The Morgan fingerprint density at radius 1 is 1.19 bits per heavy atom. The van der Waals surface area contributed by atoms with Crippen molar-refractivity contribution in [1.29, 1.82) is 0 Å². The van der Waals surface area contributed by atoms with Crippen molar-refractivity contribution in [2.24, 2.45) is 0 Å². The molecule has 0 amide bonds. The smallest absolute Gasteiger partial charge is 0.278 e. The second kappa shape index (κ2) is 7.30. The first-order chi connectivity index (χ1) is 15.6. The van der Waals surface area contributed by atoms with E-state index in [4.69, 9.17) is 4.98 Å². The summed E-state index contributed by atoms with van der Waals surface area (Å²) < 4.78 is 5.72. The normalized spacial score (nSPS) is 16.0. The quantitative estimate of drug-likeness (QED) is 0.505. The lowest BCUT2D eigenvalue weighted by Crippen LogP contribution is -2.25. The van der Waals surface area contributed by atoms with Crippen LogP contribution in [0.5, 0.6) is 0 Å². The van der Waals surface area contributed by atoms with Gasteiger partial charge in [0.2, 0.25) is 11.9 Å². The number of fused-ring (bicyclic) bond motifs is 2. The molecule has 164 valence electrons. The molecule has 0 bridgehead atoms. The summed E-state index contributed by atoms with van der Waals surface area (Å²) in [7, 11) is 0. The van der Waals surface area contributed by atoms with Crippen molar-refractivity contribution in [3.05, 3.63) is 58.3 Å². The summed E-state index contributed by atoms with van der Waals surface area (Å²) in [6, 6.07) is 6.73. The summed E-state index contributed by atoms with van der Waals surface area (Å²) in [5.74, 6) is 1.18. The van der Waals surface area contributed by atoms with Gasteiger partial charge in [-0.25, -0.2) is 14.6 Å². The zero-order chi connectivity index (χ0) is 21.8. The van der Waals surface area contributed by atoms with Gasteiger partial charge in [0, 0.05) is 42.9 Å². The van der Waals surface area contributed by atoms with Crippen LogP contribution in [0.3, 0.4) is 0 Å². The number of imidazole rings is 1. The second-order valence-corrected chi connectivity index (χ2v) is 8.89. The van der Waals surface area contributed by atoms with Crippen LogP contribution in [0.25, 0.3) is 17.0 Å². The molecule has 0 atom stereocenters. The average molecular weight is 431 g/mol. The maximum absolute atomic E-state index is 13.2. The Kier molecular flexibility index (Phi) is 4.39. The molecule has 1 aliphatic carbocycles. The largest absolute Gasteiger partial charge is 0.324 e. The number of hydrogen-bond acceptors (Lipinski definition) is 6. The van der Waals surface area contributed by atoms with E-state index in [1.165, 1.54) is 11.1 Å². The molecule has 4 aromatic rings. The van der Waals surface area contributed by atoms with Crippen molar-refractivity contribution in [1.82, 2.24) is 34.2 Å². The summed E-state index contributed by atoms with van der Waals surface area (Å²) >= 11 is 0. The van der Waals surface area contributed by atoms with Crippen molar-refractivity contribution in [3.63, 3.8) is 0 Å². The van der Waals surface area contributed by atoms with Crippen LogP contribution in [0.15, 0.2) is 41.6 Å². The van der Waals surface area contributed by atoms with Crippen LogP contribution in [0.4, 0.5) is 11.6 Å². The fourth-order valence-electron chi connectivity index (χ4n) is 4.51. The van der Waals surface area contributed by atoms with E-state index < -0.39 is 0 Å². The minimum Gasteiger partial charge on any atom is -0.324 e. The molecule has 1 saturated carbocycles. The molecule has 6 rings (SSSR count). The number of benzene rings is 1. The van der Waals surface area contributed by atoms with Crippen molar-refractivity contribution in [2.45, 2.75) is 51.7 Å². The highest BCUT2D eigenvalue weighted by Crippen LogP contribution is 2.36. The summed E-state index contributed by atoms with van der Waals surface area (Å²) in [5.41, 5.74) is 4.07. The van der Waals surface area contributed by atoms with Gasteiger partial charge < -0.3 is 15.2 Å². The van der Waals surface area contributed by atoms with Crippen molar-refractivity contribution in [2.75, 3.05) is 11.9 Å². The summed E-state index contributed by atoms with van der Waals surface area (Å²) in [6.45, 7) is 5.88. The number of rotatable bonds is 5. The van der Waals surface area contributed by atoms with E-state index in [0.717, 1.165) is 44.0 Å². The average Bonchev–Trinajstić information content (AvgIpc) is 3.45. The van der Waals surface area contributed by atoms with E-state index in [1.54, 1.807) is 17.1 Å². The predicted molar refractivity (Wildman–Crippen MR) is 123 cm³/mol. The standard InChI is InChI=1S/C23H26N8O/c1-14(2)30-21(32)19-13-26-22(27-17-4-3-16-12-24-8-7-15(16)11-17)28-20(19)31(30)23-25-9-10-29(23)18-5-6-18/h3-4,9-11,13-14,18,24H,5-8,12H2,1-2H3,(H,26,27,28). The first-order valence-electron chi connectivity index (χ1n) is 11.2. The molecule has 1 fully saturated rings. The minimum absolute atomic E-state index is 0.0493. The molecule has 0 unspecified atom stereocenters. The number of aromatic nitrogens is 6. The minimum atomic E-state index is -0.104. The summed E-state index contributed by atoms with van der Waals surface area (Å²) in [6.07, 6.45) is 8.65. The number of nitrogens with one attached hydrogen (secondary N) is 2. The molecule has 32 heavy (non-hydrogen) atoms. The van der Waals surface area contributed by atoms with Gasteiger partial charge >= 0.3 is 0 Å². The molecule has 3 aromatic heterocycles. The maximum atomic E-state index is 13.2. The third kappa shape index (κ3) is 3.12. The van der Waals surface area contributed by atoms with Crippen LogP contribution in [-0.4, -0.2) is 35.4 Å². The maximum Gasteiger partial charge on any atom is 0.278 e. The second-order valence-electron chi connectivity index (χ2n) is 8.89. The van der Waals surface area contributed by atoms with E-state index >= 15 is 0 Å². The first kappa shape index (κ1) is 19.2. The third-order valence-corrected chi connectivity index (χ3v) is 6.24. The van der Waals surface area contributed by atoms with Crippen molar-refractivity contribution in [3.8, 4) is 5.95 Å². The molecule has 1 aliphatic heterocycles. The third-order valence-electron chi connectivity index (χ3n) is 6.24. The fraction of sp³-hybridized carbons (Fsp3) is 0.391. The fourth-order valence-corrected chi connectivity index (χ4v) is 4.51. The monoisotopic (exact) mass is 430 g/mol. The molecule has 2 aliphatic rings. The highest BCUT2D eigenvalue weighted by atomic mass is 16.1. The molecule has 1 aromatic carbocycles. The molecule has 9 heteroatoms. The van der Waals surface area contributed by atoms with E-state index in [9.17, 15) is 4.79 Å². The van der Waals surface area contributed by atoms with Crippen LogP contribution < -0.4 is 16.2 Å². The molecule has 2 N–H and O–H groups in total.